The molecule has 0 saturated carbocycles. The Hall–Kier alpha value is -5.41. The molecule has 42 heavy (non-hydrogen) atoms. The van der Waals surface area contributed by atoms with E-state index >= 15 is 0 Å². The van der Waals surface area contributed by atoms with Crippen molar-refractivity contribution in [3.05, 3.63) is 197 Å². The molecule has 8 rings (SSSR count). The second-order valence-electron chi connectivity index (χ2n) is 10.8. The number of rotatable bonds is 4. The first-order chi connectivity index (χ1) is 20.8. The SMILES string of the molecule is C1=CC2=C(c3cccc4c3Oc3ccccc3C4(c3ccccc3)c3ccccc3)NC(c3ccccc3)=NC2C=C1. The first kappa shape index (κ1) is 24.4. The Bertz CT molecular complexity index is 1880. The normalized spacial score (nSPS) is 17.7. The van der Waals surface area contributed by atoms with E-state index < -0.39 is 5.41 Å². The lowest BCUT2D eigenvalue weighted by molar-refractivity contribution is 0.433. The van der Waals surface area contributed by atoms with Gasteiger partial charge in [0.05, 0.1) is 17.2 Å². The first-order valence-electron chi connectivity index (χ1n) is 14.4. The average molecular weight is 541 g/mol. The highest BCUT2D eigenvalue weighted by Gasteiger charge is 2.46. The van der Waals surface area contributed by atoms with Crippen LogP contribution in [-0.2, 0) is 5.41 Å². The van der Waals surface area contributed by atoms with Crippen LogP contribution in [0.5, 0.6) is 11.5 Å². The van der Waals surface area contributed by atoms with Crippen LogP contribution in [0.1, 0.15) is 33.4 Å². The third-order valence-corrected chi connectivity index (χ3v) is 8.45. The fourth-order valence-corrected chi connectivity index (χ4v) is 6.63. The van der Waals surface area contributed by atoms with Crippen LogP contribution in [0.4, 0.5) is 0 Å². The number of amidine groups is 1. The van der Waals surface area contributed by atoms with E-state index in [1.807, 2.05) is 18.2 Å². The van der Waals surface area contributed by atoms with E-state index in [1.165, 1.54) is 11.1 Å². The molecule has 0 radical (unpaired) electrons. The number of hydrogen-bond acceptors (Lipinski definition) is 3. The lowest BCUT2D eigenvalue weighted by Crippen LogP contribution is -2.36. The van der Waals surface area contributed by atoms with Crippen LogP contribution in [0.3, 0.4) is 0 Å². The highest BCUT2D eigenvalue weighted by atomic mass is 16.5. The largest absolute Gasteiger partial charge is 0.456 e. The Morgan fingerprint density at radius 1 is 0.619 bits per heavy atom. The van der Waals surface area contributed by atoms with E-state index in [4.69, 9.17) is 9.73 Å². The molecule has 2 aliphatic heterocycles. The van der Waals surface area contributed by atoms with Gasteiger partial charge < -0.3 is 10.1 Å². The topological polar surface area (TPSA) is 33.6 Å². The van der Waals surface area contributed by atoms with Gasteiger partial charge in [-0.15, -0.1) is 0 Å². The molecule has 0 amide bonds. The maximum absolute atomic E-state index is 6.92. The van der Waals surface area contributed by atoms with Crippen molar-refractivity contribution < 1.29 is 4.74 Å². The van der Waals surface area contributed by atoms with E-state index in [0.717, 1.165) is 50.9 Å². The highest BCUT2D eigenvalue weighted by molar-refractivity contribution is 6.06. The van der Waals surface area contributed by atoms with Crippen LogP contribution >= 0.6 is 0 Å². The summed E-state index contributed by atoms with van der Waals surface area (Å²) in [4.78, 5) is 5.09. The molecule has 1 atom stereocenters. The van der Waals surface area contributed by atoms with Gasteiger partial charge in [0.1, 0.15) is 17.3 Å². The molecule has 0 saturated heterocycles. The zero-order chi connectivity index (χ0) is 27.9. The summed E-state index contributed by atoms with van der Waals surface area (Å²) < 4.78 is 6.92. The third-order valence-electron chi connectivity index (χ3n) is 8.45. The van der Waals surface area contributed by atoms with Gasteiger partial charge in [-0.2, -0.15) is 0 Å². The number of fused-ring (bicyclic) bond motifs is 3. The molecule has 1 aliphatic carbocycles. The summed E-state index contributed by atoms with van der Waals surface area (Å²) in [6.45, 7) is 0. The Morgan fingerprint density at radius 2 is 1.26 bits per heavy atom. The molecule has 3 heteroatoms. The molecule has 200 valence electrons. The van der Waals surface area contributed by atoms with Crippen molar-refractivity contribution in [2.45, 2.75) is 11.5 Å². The summed E-state index contributed by atoms with van der Waals surface area (Å²) >= 11 is 0. The van der Waals surface area contributed by atoms with Gasteiger partial charge in [0.25, 0.3) is 0 Å². The molecule has 3 aliphatic rings. The zero-order valence-corrected chi connectivity index (χ0v) is 22.9. The molecular weight excluding hydrogens is 512 g/mol. The quantitative estimate of drug-likeness (QED) is 0.243. The van der Waals surface area contributed by atoms with Gasteiger partial charge in [0.15, 0.2) is 0 Å². The van der Waals surface area contributed by atoms with E-state index in [2.05, 4.69) is 145 Å². The van der Waals surface area contributed by atoms with Crippen molar-refractivity contribution in [2.75, 3.05) is 0 Å². The number of nitrogens with one attached hydrogen (secondary N) is 1. The monoisotopic (exact) mass is 540 g/mol. The van der Waals surface area contributed by atoms with Crippen molar-refractivity contribution in [1.82, 2.24) is 5.32 Å². The molecule has 1 unspecified atom stereocenters. The summed E-state index contributed by atoms with van der Waals surface area (Å²) in [6.07, 6.45) is 8.48. The number of allylic oxidation sites excluding steroid dienone is 2. The molecule has 5 aromatic carbocycles. The van der Waals surface area contributed by atoms with Crippen LogP contribution in [0.25, 0.3) is 5.70 Å². The lowest BCUT2D eigenvalue weighted by Gasteiger charge is -2.42. The number of ether oxygens (including phenoxy) is 1. The summed E-state index contributed by atoms with van der Waals surface area (Å²) in [5.74, 6) is 2.57. The molecule has 0 aromatic heterocycles. The van der Waals surface area contributed by atoms with Crippen LogP contribution < -0.4 is 10.1 Å². The van der Waals surface area contributed by atoms with Crippen LogP contribution in [0.15, 0.2) is 168 Å². The van der Waals surface area contributed by atoms with Gasteiger partial charge in [0.2, 0.25) is 0 Å². The van der Waals surface area contributed by atoms with Crippen LogP contribution in [0, 0.1) is 0 Å². The molecule has 2 heterocycles. The van der Waals surface area contributed by atoms with E-state index in [9.17, 15) is 0 Å². The number of nitrogens with zero attached hydrogens (tertiary/aromatic N) is 1. The predicted molar refractivity (Wildman–Crippen MR) is 170 cm³/mol. The zero-order valence-electron chi connectivity index (χ0n) is 22.9. The van der Waals surface area contributed by atoms with Gasteiger partial charge in [0, 0.05) is 27.8 Å². The van der Waals surface area contributed by atoms with Crippen molar-refractivity contribution in [2.24, 2.45) is 4.99 Å². The summed E-state index contributed by atoms with van der Waals surface area (Å²) in [5.41, 5.74) is 8.28. The Morgan fingerprint density at radius 3 is 2.00 bits per heavy atom. The summed E-state index contributed by atoms with van der Waals surface area (Å²) in [5, 5.41) is 3.73. The molecule has 5 aromatic rings. The Kier molecular flexibility index (Phi) is 5.75. The second kappa shape index (κ2) is 9.90. The molecular formula is C39H28N2O. The van der Waals surface area contributed by atoms with E-state index in [1.54, 1.807) is 0 Å². The first-order valence-corrected chi connectivity index (χ1v) is 14.4. The van der Waals surface area contributed by atoms with E-state index in [0.29, 0.717) is 0 Å². The van der Waals surface area contributed by atoms with Crippen molar-refractivity contribution in [1.29, 1.82) is 0 Å². The smallest absolute Gasteiger partial charge is 0.141 e. The van der Waals surface area contributed by atoms with Crippen molar-refractivity contribution >= 4 is 11.5 Å². The molecule has 0 fully saturated rings. The predicted octanol–water partition coefficient (Wildman–Crippen LogP) is 8.43. The second-order valence-corrected chi connectivity index (χ2v) is 10.8. The van der Waals surface area contributed by atoms with Crippen LogP contribution in [0.2, 0.25) is 0 Å². The molecule has 0 spiro atoms. The number of para-hydroxylation sites is 2. The van der Waals surface area contributed by atoms with Gasteiger partial charge in [-0.3, -0.25) is 4.99 Å². The maximum Gasteiger partial charge on any atom is 0.141 e. The fourth-order valence-electron chi connectivity index (χ4n) is 6.63. The minimum Gasteiger partial charge on any atom is -0.456 e. The van der Waals surface area contributed by atoms with Crippen LogP contribution in [-0.4, -0.2) is 11.9 Å². The molecule has 3 nitrogen and oxygen atoms in total. The number of hydrogen-bond donors (Lipinski definition) is 1. The van der Waals surface area contributed by atoms with Gasteiger partial charge >= 0.3 is 0 Å². The van der Waals surface area contributed by atoms with Crippen molar-refractivity contribution in [3.63, 3.8) is 0 Å². The van der Waals surface area contributed by atoms with Gasteiger partial charge in [-0.05, 0) is 23.3 Å². The third kappa shape index (κ3) is 3.71. The van der Waals surface area contributed by atoms with Gasteiger partial charge in [-0.25, -0.2) is 0 Å². The Labute approximate surface area is 245 Å². The fraction of sp³-hybridized carbons (Fsp3) is 0.0513. The standard InChI is InChI=1S/C39H28N2O/c1-4-15-27(16-5-1)38-40-34-25-12-10-21-30(34)36(41-38)31-22-14-24-33-37(31)42-35-26-13-11-23-32(35)39(33,28-17-6-2-7-18-28)29-19-8-3-9-20-29/h1-26,34H,(H,40,41). The highest BCUT2D eigenvalue weighted by Crippen LogP contribution is 2.56. The summed E-state index contributed by atoms with van der Waals surface area (Å²) in [7, 11) is 0. The maximum atomic E-state index is 6.92. The molecule has 1 N–H and O–H groups in total. The molecule has 0 bridgehead atoms. The lowest BCUT2D eigenvalue weighted by atomic mass is 9.63. The average Bonchev–Trinajstić information content (AvgIpc) is 3.07. The van der Waals surface area contributed by atoms with E-state index in [-0.39, 0.29) is 6.04 Å². The minimum atomic E-state index is -0.569. The number of aliphatic imine (C=N–C) groups is 1. The summed E-state index contributed by atoms with van der Waals surface area (Å²) in [6, 6.07) is 46.8. The van der Waals surface area contributed by atoms with Crippen molar-refractivity contribution in [3.8, 4) is 11.5 Å². The number of benzene rings is 5. The Balaban J connectivity index is 1.41. The minimum absolute atomic E-state index is 0.0822. The van der Waals surface area contributed by atoms with Gasteiger partial charge in [-0.1, -0.05) is 146 Å².